The second-order valence-corrected chi connectivity index (χ2v) is 7.09. The monoisotopic (exact) mass is 342 g/mol. The summed E-state index contributed by atoms with van der Waals surface area (Å²) in [6, 6.07) is 13.5. The first-order chi connectivity index (χ1) is 11.7. The highest BCUT2D eigenvalue weighted by Gasteiger charge is 2.27. The summed E-state index contributed by atoms with van der Waals surface area (Å²) >= 11 is 1.72. The van der Waals surface area contributed by atoms with E-state index >= 15 is 0 Å². The Hall–Kier alpha value is -2.14. The average Bonchev–Trinajstić information content (AvgIpc) is 3.15. The van der Waals surface area contributed by atoms with Crippen LogP contribution in [0.2, 0.25) is 0 Å². The maximum Gasteiger partial charge on any atom is 0.253 e. The summed E-state index contributed by atoms with van der Waals surface area (Å²) in [6.45, 7) is 1.98. The number of thiophene rings is 1. The van der Waals surface area contributed by atoms with E-state index < -0.39 is 0 Å². The molecule has 2 aromatic rings. The van der Waals surface area contributed by atoms with Crippen LogP contribution in [0.3, 0.4) is 0 Å². The van der Waals surface area contributed by atoms with Crippen LogP contribution in [0.25, 0.3) is 0 Å². The molecule has 0 spiro atoms. The third kappa shape index (κ3) is 4.23. The van der Waals surface area contributed by atoms with Gasteiger partial charge in [-0.15, -0.1) is 11.3 Å². The first-order valence-corrected chi connectivity index (χ1v) is 9.26. The van der Waals surface area contributed by atoms with Gasteiger partial charge in [0.15, 0.2) is 0 Å². The molecule has 2 heterocycles. The standard InChI is InChI=1S/C19H22N2O2S/c22-18(20-11-8-17-7-4-14-24-17)15-9-12-21(13-10-15)19(23)16-5-2-1-3-6-16/h1-7,14-15H,8-13H2,(H,20,22). The molecule has 0 atom stereocenters. The largest absolute Gasteiger partial charge is 0.355 e. The Bertz CT molecular complexity index is 662. The molecular weight excluding hydrogens is 320 g/mol. The Morgan fingerprint density at radius 3 is 2.50 bits per heavy atom. The molecule has 0 aliphatic carbocycles. The van der Waals surface area contributed by atoms with E-state index in [1.54, 1.807) is 11.3 Å². The van der Waals surface area contributed by atoms with Crippen molar-refractivity contribution < 1.29 is 9.59 Å². The molecule has 1 aromatic carbocycles. The van der Waals surface area contributed by atoms with Crippen LogP contribution in [0.5, 0.6) is 0 Å². The lowest BCUT2D eigenvalue weighted by molar-refractivity contribution is -0.126. The smallest absolute Gasteiger partial charge is 0.253 e. The van der Waals surface area contributed by atoms with Crippen molar-refractivity contribution in [2.24, 2.45) is 5.92 Å². The quantitative estimate of drug-likeness (QED) is 0.908. The van der Waals surface area contributed by atoms with Gasteiger partial charge < -0.3 is 10.2 Å². The number of piperidine rings is 1. The van der Waals surface area contributed by atoms with E-state index in [-0.39, 0.29) is 17.7 Å². The predicted molar refractivity (Wildman–Crippen MR) is 96.1 cm³/mol. The number of benzene rings is 1. The molecule has 24 heavy (non-hydrogen) atoms. The van der Waals surface area contributed by atoms with Gasteiger partial charge in [-0.25, -0.2) is 0 Å². The van der Waals surface area contributed by atoms with E-state index in [4.69, 9.17) is 0 Å². The maximum absolute atomic E-state index is 12.4. The molecule has 1 aromatic heterocycles. The molecule has 126 valence electrons. The Balaban J connectivity index is 1.43. The van der Waals surface area contributed by atoms with Crippen LogP contribution >= 0.6 is 11.3 Å². The molecule has 1 N–H and O–H groups in total. The molecule has 3 rings (SSSR count). The van der Waals surface area contributed by atoms with E-state index in [0.717, 1.165) is 24.8 Å². The van der Waals surface area contributed by atoms with Crippen LogP contribution in [0.4, 0.5) is 0 Å². The number of nitrogens with zero attached hydrogens (tertiary/aromatic N) is 1. The molecule has 1 aliphatic heterocycles. The van der Waals surface area contributed by atoms with Crippen molar-refractivity contribution in [2.45, 2.75) is 19.3 Å². The highest BCUT2D eigenvalue weighted by Crippen LogP contribution is 2.19. The van der Waals surface area contributed by atoms with Gasteiger partial charge in [0.1, 0.15) is 0 Å². The zero-order valence-corrected chi connectivity index (χ0v) is 14.4. The molecule has 5 heteroatoms. The Morgan fingerprint density at radius 1 is 1.08 bits per heavy atom. The van der Waals surface area contributed by atoms with Gasteiger partial charge in [-0.05, 0) is 42.8 Å². The first kappa shape index (κ1) is 16.7. The lowest BCUT2D eigenvalue weighted by Gasteiger charge is -2.31. The van der Waals surface area contributed by atoms with E-state index in [0.29, 0.717) is 19.6 Å². The average molecular weight is 342 g/mol. The number of hydrogen-bond donors (Lipinski definition) is 1. The van der Waals surface area contributed by atoms with Gasteiger partial charge in [-0.2, -0.15) is 0 Å². The van der Waals surface area contributed by atoms with E-state index in [1.807, 2.05) is 41.3 Å². The summed E-state index contributed by atoms with van der Waals surface area (Å²) in [5, 5.41) is 5.08. The normalized spacial score (nSPS) is 15.2. The van der Waals surface area contributed by atoms with E-state index in [2.05, 4.69) is 16.8 Å². The molecule has 0 unspecified atom stereocenters. The fraction of sp³-hybridized carbons (Fsp3) is 0.368. The predicted octanol–water partition coefficient (Wildman–Crippen LogP) is 2.96. The van der Waals surface area contributed by atoms with E-state index in [9.17, 15) is 9.59 Å². The molecule has 0 bridgehead atoms. The van der Waals surface area contributed by atoms with Crippen LogP contribution in [0, 0.1) is 5.92 Å². The molecule has 1 aliphatic rings. The Labute approximate surface area is 146 Å². The van der Waals surface area contributed by atoms with Crippen molar-refractivity contribution >= 4 is 23.2 Å². The lowest BCUT2D eigenvalue weighted by atomic mass is 9.95. The lowest BCUT2D eigenvalue weighted by Crippen LogP contribution is -2.43. The topological polar surface area (TPSA) is 49.4 Å². The molecule has 4 nitrogen and oxygen atoms in total. The summed E-state index contributed by atoms with van der Waals surface area (Å²) in [7, 11) is 0. The molecule has 1 saturated heterocycles. The van der Waals surface area contributed by atoms with Crippen LogP contribution in [-0.2, 0) is 11.2 Å². The van der Waals surface area contributed by atoms with Crippen LogP contribution in [0.15, 0.2) is 47.8 Å². The van der Waals surface area contributed by atoms with Crippen molar-refractivity contribution in [2.75, 3.05) is 19.6 Å². The van der Waals surface area contributed by atoms with Gasteiger partial charge in [0.25, 0.3) is 5.91 Å². The zero-order valence-electron chi connectivity index (χ0n) is 13.6. The third-order valence-electron chi connectivity index (χ3n) is 4.42. The molecule has 0 saturated carbocycles. The number of rotatable bonds is 5. The second-order valence-electron chi connectivity index (χ2n) is 6.05. The highest BCUT2D eigenvalue weighted by atomic mass is 32.1. The van der Waals surface area contributed by atoms with Gasteiger partial charge in [0.2, 0.25) is 5.91 Å². The Morgan fingerprint density at radius 2 is 1.83 bits per heavy atom. The molecular formula is C19H22N2O2S. The number of nitrogens with one attached hydrogen (secondary N) is 1. The van der Waals surface area contributed by atoms with Crippen molar-refractivity contribution in [1.82, 2.24) is 10.2 Å². The minimum absolute atomic E-state index is 0.0214. The zero-order chi connectivity index (χ0) is 16.8. The van der Waals surface area contributed by atoms with Crippen LogP contribution in [0.1, 0.15) is 28.1 Å². The number of carbonyl (C=O) groups excluding carboxylic acids is 2. The van der Waals surface area contributed by atoms with Crippen molar-refractivity contribution in [3.63, 3.8) is 0 Å². The summed E-state index contributed by atoms with van der Waals surface area (Å²) in [5.41, 5.74) is 0.719. The van der Waals surface area contributed by atoms with Crippen LogP contribution < -0.4 is 5.32 Å². The summed E-state index contributed by atoms with van der Waals surface area (Å²) in [6.07, 6.45) is 2.36. The van der Waals surface area contributed by atoms with Crippen molar-refractivity contribution in [3.8, 4) is 0 Å². The summed E-state index contributed by atoms with van der Waals surface area (Å²) in [5.74, 6) is 0.207. The maximum atomic E-state index is 12.4. The fourth-order valence-electron chi connectivity index (χ4n) is 3.02. The molecule has 0 radical (unpaired) electrons. The van der Waals surface area contributed by atoms with Gasteiger partial charge >= 0.3 is 0 Å². The summed E-state index contributed by atoms with van der Waals surface area (Å²) in [4.78, 5) is 27.8. The van der Waals surface area contributed by atoms with Crippen LogP contribution in [-0.4, -0.2) is 36.3 Å². The molecule has 1 fully saturated rings. The van der Waals surface area contributed by atoms with Crippen molar-refractivity contribution in [1.29, 1.82) is 0 Å². The SMILES string of the molecule is O=C(NCCc1cccs1)C1CCN(C(=O)c2ccccc2)CC1. The van der Waals surface area contributed by atoms with Gasteiger partial charge in [0.05, 0.1) is 0 Å². The second kappa shape index (κ2) is 8.11. The van der Waals surface area contributed by atoms with Gasteiger partial charge in [0, 0.05) is 36.0 Å². The first-order valence-electron chi connectivity index (χ1n) is 8.38. The van der Waals surface area contributed by atoms with Crippen molar-refractivity contribution in [3.05, 3.63) is 58.3 Å². The number of amides is 2. The van der Waals surface area contributed by atoms with Gasteiger partial charge in [-0.1, -0.05) is 24.3 Å². The fourth-order valence-corrected chi connectivity index (χ4v) is 3.73. The van der Waals surface area contributed by atoms with E-state index in [1.165, 1.54) is 4.88 Å². The number of carbonyl (C=O) groups is 2. The number of likely N-dealkylation sites (tertiary alicyclic amines) is 1. The molecule has 2 amide bonds. The minimum Gasteiger partial charge on any atom is -0.355 e. The number of hydrogen-bond acceptors (Lipinski definition) is 3. The third-order valence-corrected chi connectivity index (χ3v) is 5.36. The Kier molecular flexibility index (Phi) is 5.64. The van der Waals surface area contributed by atoms with Gasteiger partial charge in [-0.3, -0.25) is 9.59 Å². The summed E-state index contributed by atoms with van der Waals surface area (Å²) < 4.78 is 0. The minimum atomic E-state index is 0.0214. The highest BCUT2D eigenvalue weighted by molar-refractivity contribution is 7.09.